The van der Waals surface area contributed by atoms with Crippen LogP contribution in [0.3, 0.4) is 0 Å². The Morgan fingerprint density at radius 2 is 2.21 bits per heavy atom. The highest BCUT2D eigenvalue weighted by Crippen LogP contribution is 2.38. The van der Waals surface area contributed by atoms with Gasteiger partial charge in [0.2, 0.25) is 0 Å². The first-order valence-corrected chi connectivity index (χ1v) is 6.58. The molecular weight excluding hydrogens is 244 g/mol. The number of carbonyl (C=O) groups is 1. The maximum absolute atomic E-state index is 10.5. The smallest absolute Gasteiger partial charge is 0.303 e. The van der Waals surface area contributed by atoms with E-state index in [0.717, 1.165) is 24.2 Å². The molecule has 0 radical (unpaired) electrons. The molecule has 2 N–H and O–H groups in total. The van der Waals surface area contributed by atoms with Gasteiger partial charge < -0.3 is 14.6 Å². The first kappa shape index (κ1) is 12.2. The van der Waals surface area contributed by atoms with Crippen molar-refractivity contribution in [2.24, 2.45) is 0 Å². The average Bonchev–Trinajstić information content (AvgIpc) is 2.95. The Balaban J connectivity index is 1.86. The Labute approximate surface area is 111 Å². The summed E-state index contributed by atoms with van der Waals surface area (Å²) < 4.78 is 5.65. The zero-order chi connectivity index (χ0) is 13.4. The molecule has 4 nitrogen and oxygen atoms in total. The minimum absolute atomic E-state index is 0.0449. The predicted octanol–water partition coefficient (Wildman–Crippen LogP) is 2.77. The zero-order valence-corrected chi connectivity index (χ0v) is 10.6. The summed E-state index contributed by atoms with van der Waals surface area (Å²) in [6, 6.07) is 4.03. The van der Waals surface area contributed by atoms with Gasteiger partial charge in [-0.25, -0.2) is 0 Å². The van der Waals surface area contributed by atoms with Gasteiger partial charge in [-0.3, -0.25) is 4.79 Å². The molecule has 1 aliphatic heterocycles. The average molecular weight is 260 g/mol. The standard InChI is InChI=1S/C15H16O4/c16-13(4-5-14(17)18)11-7-10-6-9-2-1-3-12(9)15(10)19-8-11/h6-8,13,16H,1-5H2,(H,17,18). The molecule has 0 aromatic heterocycles. The SMILES string of the molecule is O=C(O)CCC(O)c1coc2c3c(cc-2c1)CCC3. The Morgan fingerprint density at radius 1 is 1.37 bits per heavy atom. The molecule has 0 amide bonds. The van der Waals surface area contributed by atoms with Crippen molar-refractivity contribution in [2.45, 2.75) is 38.2 Å². The van der Waals surface area contributed by atoms with E-state index in [2.05, 4.69) is 6.07 Å². The Hall–Kier alpha value is -1.81. The van der Waals surface area contributed by atoms with E-state index >= 15 is 0 Å². The van der Waals surface area contributed by atoms with Gasteiger partial charge in [-0.1, -0.05) is 0 Å². The van der Waals surface area contributed by atoms with Crippen molar-refractivity contribution >= 4 is 5.97 Å². The van der Waals surface area contributed by atoms with Gasteiger partial charge in [-0.15, -0.1) is 0 Å². The lowest BCUT2D eigenvalue weighted by Gasteiger charge is -2.11. The molecule has 19 heavy (non-hydrogen) atoms. The molecule has 1 heterocycles. The molecule has 1 atom stereocenters. The van der Waals surface area contributed by atoms with Gasteiger partial charge in [0.05, 0.1) is 12.4 Å². The van der Waals surface area contributed by atoms with E-state index in [9.17, 15) is 9.90 Å². The molecule has 0 fully saturated rings. The van der Waals surface area contributed by atoms with Gasteiger partial charge in [0, 0.05) is 17.5 Å². The second-order valence-corrected chi connectivity index (χ2v) is 5.11. The fourth-order valence-corrected chi connectivity index (χ4v) is 2.80. The van der Waals surface area contributed by atoms with Crippen LogP contribution in [0, 0.1) is 0 Å². The van der Waals surface area contributed by atoms with E-state index in [-0.39, 0.29) is 12.8 Å². The number of aliphatic hydroxyl groups is 1. The molecule has 1 unspecified atom stereocenters. The van der Waals surface area contributed by atoms with Gasteiger partial charge in [-0.2, -0.15) is 0 Å². The van der Waals surface area contributed by atoms with Crippen LogP contribution >= 0.6 is 0 Å². The molecule has 0 saturated heterocycles. The van der Waals surface area contributed by atoms with Crippen LogP contribution in [0.2, 0.25) is 0 Å². The molecule has 3 rings (SSSR count). The molecule has 100 valence electrons. The third kappa shape index (κ3) is 2.24. The molecule has 0 saturated carbocycles. The Kier molecular flexibility index (Phi) is 3.03. The number of fused-ring (bicyclic) bond motifs is 3. The summed E-state index contributed by atoms with van der Waals surface area (Å²) in [5.41, 5.74) is 4.30. The lowest BCUT2D eigenvalue weighted by molar-refractivity contribution is -0.137. The number of aliphatic hydroxyl groups excluding tert-OH is 1. The van der Waals surface area contributed by atoms with Gasteiger partial charge in [0.1, 0.15) is 5.76 Å². The maximum Gasteiger partial charge on any atom is 0.303 e. The number of aryl methyl sites for hydroxylation is 1. The van der Waals surface area contributed by atoms with Crippen molar-refractivity contribution < 1.29 is 19.4 Å². The molecule has 0 aromatic rings. The lowest BCUT2D eigenvalue weighted by atomic mass is 10.0. The Morgan fingerprint density at radius 3 is 3.00 bits per heavy atom. The number of hydrogen-bond donors (Lipinski definition) is 2. The van der Waals surface area contributed by atoms with Gasteiger partial charge in [0.15, 0.2) is 0 Å². The van der Waals surface area contributed by atoms with Crippen LogP contribution in [0.5, 0.6) is 0 Å². The molecule has 0 aromatic carbocycles. The molecule has 4 heteroatoms. The monoisotopic (exact) mass is 260 g/mol. The first-order chi connectivity index (χ1) is 9.15. The third-order valence-corrected chi connectivity index (χ3v) is 3.78. The fourth-order valence-electron chi connectivity index (χ4n) is 2.80. The van der Waals surface area contributed by atoms with Crippen molar-refractivity contribution in [1.82, 2.24) is 0 Å². The second-order valence-electron chi connectivity index (χ2n) is 5.11. The highest BCUT2D eigenvalue weighted by molar-refractivity contribution is 5.70. The summed E-state index contributed by atoms with van der Waals surface area (Å²) >= 11 is 0. The summed E-state index contributed by atoms with van der Waals surface area (Å²) in [6.07, 6.45) is 4.26. The van der Waals surface area contributed by atoms with Crippen LogP contribution in [0.25, 0.3) is 11.3 Å². The van der Waals surface area contributed by atoms with Crippen LogP contribution in [0.1, 0.15) is 42.1 Å². The number of rotatable bonds is 4. The van der Waals surface area contributed by atoms with Crippen molar-refractivity contribution in [3.8, 4) is 11.3 Å². The van der Waals surface area contributed by atoms with Crippen LogP contribution < -0.4 is 0 Å². The highest BCUT2D eigenvalue weighted by Gasteiger charge is 2.23. The molecule has 2 aliphatic carbocycles. The lowest BCUT2D eigenvalue weighted by Crippen LogP contribution is -2.02. The van der Waals surface area contributed by atoms with Gasteiger partial charge in [-0.05, 0) is 48.9 Å². The minimum Gasteiger partial charge on any atom is -0.481 e. The van der Waals surface area contributed by atoms with Crippen LogP contribution in [0.4, 0.5) is 0 Å². The topological polar surface area (TPSA) is 70.7 Å². The molecule has 0 bridgehead atoms. The van der Waals surface area contributed by atoms with Crippen molar-refractivity contribution in [1.29, 1.82) is 0 Å². The number of carboxylic acid groups (broad SMARTS) is 1. The number of carboxylic acids is 1. The van der Waals surface area contributed by atoms with Crippen LogP contribution in [0.15, 0.2) is 22.8 Å². The normalized spacial score (nSPS) is 15.6. The Bertz CT molecular complexity index is 584. The van der Waals surface area contributed by atoms with Gasteiger partial charge >= 0.3 is 5.97 Å². The third-order valence-electron chi connectivity index (χ3n) is 3.78. The van der Waals surface area contributed by atoms with E-state index in [0.29, 0.717) is 5.56 Å². The minimum atomic E-state index is -0.899. The maximum atomic E-state index is 10.5. The van der Waals surface area contributed by atoms with Crippen molar-refractivity contribution in [2.75, 3.05) is 0 Å². The van der Waals surface area contributed by atoms with Crippen molar-refractivity contribution in [3.63, 3.8) is 0 Å². The van der Waals surface area contributed by atoms with E-state index in [1.54, 1.807) is 6.26 Å². The largest absolute Gasteiger partial charge is 0.481 e. The zero-order valence-electron chi connectivity index (χ0n) is 10.6. The fraction of sp³-hybridized carbons (Fsp3) is 0.400. The van der Waals surface area contributed by atoms with E-state index in [4.69, 9.17) is 9.52 Å². The van der Waals surface area contributed by atoms with E-state index in [1.165, 1.54) is 17.5 Å². The predicted molar refractivity (Wildman–Crippen MR) is 69.2 cm³/mol. The summed E-state index contributed by atoms with van der Waals surface area (Å²) in [6.45, 7) is 0. The van der Waals surface area contributed by atoms with Crippen molar-refractivity contribution in [3.05, 3.63) is 35.1 Å². The molecule has 3 aliphatic rings. The van der Waals surface area contributed by atoms with Gasteiger partial charge in [0.25, 0.3) is 0 Å². The molecular formula is C15H16O4. The quantitative estimate of drug-likeness (QED) is 0.886. The van der Waals surface area contributed by atoms with E-state index < -0.39 is 12.1 Å². The number of aliphatic carboxylic acids is 1. The second kappa shape index (κ2) is 4.70. The van der Waals surface area contributed by atoms with Crippen LogP contribution in [-0.2, 0) is 17.6 Å². The van der Waals surface area contributed by atoms with Crippen LogP contribution in [-0.4, -0.2) is 16.2 Å². The number of hydrogen-bond acceptors (Lipinski definition) is 3. The molecule has 0 spiro atoms. The first-order valence-electron chi connectivity index (χ1n) is 6.58. The summed E-state index contributed by atoms with van der Waals surface area (Å²) in [7, 11) is 0. The summed E-state index contributed by atoms with van der Waals surface area (Å²) in [5, 5.41) is 18.6. The summed E-state index contributed by atoms with van der Waals surface area (Å²) in [5.74, 6) is 0.0195. The highest BCUT2D eigenvalue weighted by atomic mass is 16.4. The summed E-state index contributed by atoms with van der Waals surface area (Å²) in [4.78, 5) is 10.5. The van der Waals surface area contributed by atoms with E-state index in [1.807, 2.05) is 6.07 Å².